The molecule has 1 atom stereocenters. The van der Waals surface area contributed by atoms with Crippen molar-refractivity contribution in [3.63, 3.8) is 0 Å². The molecule has 1 amide bonds. The maximum absolute atomic E-state index is 12.3. The van der Waals surface area contributed by atoms with Gasteiger partial charge in [-0.3, -0.25) is 14.1 Å². The van der Waals surface area contributed by atoms with Gasteiger partial charge in [0.15, 0.2) is 11.5 Å². The normalized spacial score (nSPS) is 16.9. The van der Waals surface area contributed by atoms with Crippen molar-refractivity contribution in [3.05, 3.63) is 59.8 Å². The Morgan fingerprint density at radius 1 is 1.16 bits per heavy atom. The Labute approximate surface area is 180 Å². The monoisotopic (exact) mass is 415 g/mol. The summed E-state index contributed by atoms with van der Waals surface area (Å²) in [7, 11) is 3.48. The van der Waals surface area contributed by atoms with E-state index in [1.807, 2.05) is 40.8 Å². The first-order chi connectivity index (χ1) is 15.0. The summed E-state index contributed by atoms with van der Waals surface area (Å²) >= 11 is 0. The lowest BCUT2D eigenvalue weighted by Gasteiger charge is -2.15. The smallest absolute Gasteiger partial charge is 0.253 e. The minimum absolute atomic E-state index is 0.0479. The van der Waals surface area contributed by atoms with Crippen molar-refractivity contribution in [2.75, 3.05) is 27.2 Å². The number of nitrogens with two attached hydrogens (primary N) is 1. The van der Waals surface area contributed by atoms with Gasteiger partial charge in [0.2, 0.25) is 0 Å². The van der Waals surface area contributed by atoms with Gasteiger partial charge in [0.05, 0.1) is 5.52 Å². The molecular weight excluding hydrogens is 390 g/mol. The average molecular weight is 416 g/mol. The van der Waals surface area contributed by atoms with Crippen LogP contribution >= 0.6 is 0 Å². The number of benzene rings is 1. The Morgan fingerprint density at radius 3 is 2.77 bits per heavy atom. The van der Waals surface area contributed by atoms with E-state index in [4.69, 9.17) is 10.7 Å². The van der Waals surface area contributed by atoms with Crippen molar-refractivity contribution < 1.29 is 4.79 Å². The first-order valence-corrected chi connectivity index (χ1v) is 10.4. The van der Waals surface area contributed by atoms with Gasteiger partial charge in [0.25, 0.3) is 5.91 Å². The van der Waals surface area contributed by atoms with Gasteiger partial charge < -0.3 is 10.6 Å². The number of rotatable bonds is 4. The highest BCUT2D eigenvalue weighted by molar-refractivity contribution is 5.97. The van der Waals surface area contributed by atoms with Crippen LogP contribution in [0.3, 0.4) is 0 Å². The molecule has 1 aliphatic heterocycles. The van der Waals surface area contributed by atoms with Gasteiger partial charge in [-0.15, -0.1) is 10.2 Å². The predicted molar refractivity (Wildman–Crippen MR) is 120 cm³/mol. The van der Waals surface area contributed by atoms with Gasteiger partial charge in [0.1, 0.15) is 5.69 Å². The first-order valence-electron chi connectivity index (χ1n) is 10.4. The van der Waals surface area contributed by atoms with Crippen LogP contribution in [0.4, 0.5) is 0 Å². The number of aromatic nitrogens is 4. The highest BCUT2D eigenvalue weighted by Gasteiger charge is 2.19. The van der Waals surface area contributed by atoms with Gasteiger partial charge in [-0.25, -0.2) is 4.98 Å². The van der Waals surface area contributed by atoms with Crippen molar-refractivity contribution in [1.82, 2.24) is 29.4 Å². The Kier molecular flexibility index (Phi) is 4.88. The summed E-state index contributed by atoms with van der Waals surface area (Å²) in [6.45, 7) is 2.80. The number of pyridine rings is 2. The SMILES string of the molecule is CN(C)C(=O)c1ccc2ccc(-c3nnc4ccc(CN5CCC(N)C5)cn34)nc2c1. The number of fused-ring (bicyclic) bond motifs is 2. The molecule has 1 saturated heterocycles. The molecule has 5 rings (SSSR count). The summed E-state index contributed by atoms with van der Waals surface area (Å²) in [6.07, 6.45) is 3.12. The van der Waals surface area contributed by atoms with Gasteiger partial charge in [-0.2, -0.15) is 0 Å². The Morgan fingerprint density at radius 2 is 2.00 bits per heavy atom. The van der Waals surface area contributed by atoms with E-state index in [0.717, 1.165) is 48.3 Å². The first kappa shape index (κ1) is 19.6. The maximum Gasteiger partial charge on any atom is 0.253 e. The van der Waals surface area contributed by atoms with Gasteiger partial charge in [0, 0.05) is 56.9 Å². The van der Waals surface area contributed by atoms with Crippen LogP contribution in [0.25, 0.3) is 28.1 Å². The van der Waals surface area contributed by atoms with Crippen LogP contribution in [0.1, 0.15) is 22.3 Å². The van der Waals surface area contributed by atoms with Crippen molar-refractivity contribution in [2.45, 2.75) is 19.0 Å². The van der Waals surface area contributed by atoms with Crippen LogP contribution in [0.5, 0.6) is 0 Å². The van der Waals surface area contributed by atoms with E-state index >= 15 is 0 Å². The van der Waals surface area contributed by atoms with Crippen LogP contribution in [-0.2, 0) is 6.54 Å². The fourth-order valence-corrected chi connectivity index (χ4v) is 4.10. The lowest BCUT2D eigenvalue weighted by atomic mass is 10.1. The second kappa shape index (κ2) is 7.72. The average Bonchev–Trinajstić information content (AvgIpc) is 3.38. The molecule has 0 aliphatic carbocycles. The molecule has 2 N–H and O–H groups in total. The van der Waals surface area contributed by atoms with E-state index in [1.165, 1.54) is 5.56 Å². The van der Waals surface area contributed by atoms with E-state index in [0.29, 0.717) is 11.4 Å². The molecule has 1 unspecified atom stereocenters. The summed E-state index contributed by atoms with van der Waals surface area (Å²) in [4.78, 5) is 21.1. The van der Waals surface area contributed by atoms with Crippen molar-refractivity contribution in [3.8, 4) is 11.5 Å². The molecule has 0 bridgehead atoms. The van der Waals surface area contributed by atoms with Crippen molar-refractivity contribution >= 4 is 22.5 Å². The zero-order valence-electron chi connectivity index (χ0n) is 17.7. The van der Waals surface area contributed by atoms with E-state index in [2.05, 4.69) is 27.4 Å². The number of likely N-dealkylation sites (tertiary alicyclic amines) is 1. The third-order valence-electron chi connectivity index (χ3n) is 5.75. The lowest BCUT2D eigenvalue weighted by Crippen LogP contribution is -2.26. The van der Waals surface area contributed by atoms with E-state index < -0.39 is 0 Å². The molecule has 1 aromatic carbocycles. The minimum atomic E-state index is -0.0479. The Hall–Kier alpha value is -3.36. The fourth-order valence-electron chi connectivity index (χ4n) is 4.10. The third kappa shape index (κ3) is 3.75. The number of carbonyl (C=O) groups is 1. The number of nitrogens with zero attached hydrogens (tertiary/aromatic N) is 6. The lowest BCUT2D eigenvalue weighted by molar-refractivity contribution is 0.0827. The molecule has 8 nitrogen and oxygen atoms in total. The van der Waals surface area contributed by atoms with Gasteiger partial charge >= 0.3 is 0 Å². The van der Waals surface area contributed by atoms with Crippen LogP contribution in [0.15, 0.2) is 48.7 Å². The summed E-state index contributed by atoms with van der Waals surface area (Å²) in [5, 5.41) is 9.66. The molecule has 4 aromatic rings. The zero-order chi connectivity index (χ0) is 21.5. The van der Waals surface area contributed by atoms with Crippen LogP contribution in [0.2, 0.25) is 0 Å². The number of amides is 1. The Balaban J connectivity index is 1.51. The molecule has 1 fully saturated rings. The third-order valence-corrected chi connectivity index (χ3v) is 5.75. The predicted octanol–water partition coefficient (Wildman–Crippen LogP) is 2.18. The second-order valence-corrected chi connectivity index (χ2v) is 8.38. The Bertz CT molecular complexity index is 1280. The molecular formula is C23H25N7O. The quantitative estimate of drug-likeness (QED) is 0.549. The molecule has 0 radical (unpaired) electrons. The van der Waals surface area contributed by atoms with Crippen LogP contribution < -0.4 is 5.73 Å². The number of carbonyl (C=O) groups excluding carboxylic acids is 1. The highest BCUT2D eigenvalue weighted by Crippen LogP contribution is 2.23. The molecule has 158 valence electrons. The van der Waals surface area contributed by atoms with Crippen molar-refractivity contribution in [2.24, 2.45) is 5.73 Å². The minimum Gasteiger partial charge on any atom is -0.345 e. The molecule has 1 aliphatic rings. The van der Waals surface area contributed by atoms with E-state index in [1.54, 1.807) is 19.0 Å². The molecule has 3 aromatic heterocycles. The molecule has 0 saturated carbocycles. The van der Waals surface area contributed by atoms with Crippen molar-refractivity contribution in [1.29, 1.82) is 0 Å². The largest absolute Gasteiger partial charge is 0.345 e. The standard InChI is InChI=1S/C23H25N7O/c1-28(2)23(31)17-5-4-16-6-7-19(25-20(16)11-17)22-27-26-21-8-3-15(13-30(21)22)12-29-10-9-18(24)14-29/h3-8,11,13,18H,9-10,12,14,24H2,1-2H3. The fraction of sp³-hybridized carbons (Fsp3) is 0.304. The topological polar surface area (TPSA) is 92.7 Å². The molecule has 0 spiro atoms. The molecule has 4 heterocycles. The van der Waals surface area contributed by atoms with E-state index in [9.17, 15) is 4.79 Å². The van der Waals surface area contributed by atoms with Crippen LogP contribution in [0, 0.1) is 0 Å². The van der Waals surface area contributed by atoms with E-state index in [-0.39, 0.29) is 11.9 Å². The number of hydrogen-bond donors (Lipinski definition) is 1. The second-order valence-electron chi connectivity index (χ2n) is 8.38. The summed E-state index contributed by atoms with van der Waals surface area (Å²) in [5.41, 5.74) is 10.1. The highest BCUT2D eigenvalue weighted by atomic mass is 16.2. The summed E-state index contributed by atoms with van der Waals surface area (Å²) < 4.78 is 1.98. The summed E-state index contributed by atoms with van der Waals surface area (Å²) in [6, 6.07) is 13.9. The maximum atomic E-state index is 12.3. The van der Waals surface area contributed by atoms with Gasteiger partial charge in [-0.1, -0.05) is 18.2 Å². The summed E-state index contributed by atoms with van der Waals surface area (Å²) in [5.74, 6) is 0.634. The number of hydrogen-bond acceptors (Lipinski definition) is 6. The van der Waals surface area contributed by atoms with Gasteiger partial charge in [-0.05, 0) is 36.2 Å². The molecule has 8 heteroatoms. The zero-order valence-corrected chi connectivity index (χ0v) is 17.7. The molecule has 31 heavy (non-hydrogen) atoms. The van der Waals surface area contributed by atoms with Crippen LogP contribution in [-0.4, -0.2) is 68.5 Å².